The molecule has 0 unspecified atom stereocenters. The molecule has 0 saturated carbocycles. The molecule has 1 N–H and O–H groups in total. The topological polar surface area (TPSA) is 42.0 Å². The number of amides is 1. The van der Waals surface area contributed by atoms with Crippen LogP contribution in [0, 0.1) is 26.6 Å². The van der Waals surface area contributed by atoms with Gasteiger partial charge in [0.05, 0.1) is 16.9 Å². The van der Waals surface area contributed by atoms with Crippen molar-refractivity contribution < 1.29 is 9.18 Å². The quantitative estimate of drug-likeness (QED) is 0.897. The van der Waals surface area contributed by atoms with Gasteiger partial charge in [-0.15, -0.1) is 0 Å². The number of anilines is 1. The van der Waals surface area contributed by atoms with E-state index in [1.54, 1.807) is 12.1 Å². The highest BCUT2D eigenvalue weighted by Gasteiger charge is 2.14. The molecule has 3 nitrogen and oxygen atoms in total. The summed E-state index contributed by atoms with van der Waals surface area (Å²) in [5.74, 6) is -0.995. The molecule has 4 heteroatoms. The Kier molecular flexibility index (Phi) is 3.60. The van der Waals surface area contributed by atoms with Crippen molar-refractivity contribution in [1.82, 2.24) is 4.98 Å². The van der Waals surface area contributed by atoms with Crippen molar-refractivity contribution in [3.8, 4) is 0 Å². The number of rotatable bonds is 2. The first-order valence-electron chi connectivity index (χ1n) is 6.00. The minimum atomic E-state index is -0.532. The number of carbonyl (C=O) groups is 1. The molecule has 1 aromatic heterocycles. The summed E-state index contributed by atoms with van der Waals surface area (Å²) in [5, 5.41) is 2.72. The maximum absolute atomic E-state index is 13.5. The molecule has 0 aliphatic rings. The van der Waals surface area contributed by atoms with E-state index in [2.05, 4.69) is 10.3 Å². The number of hydrogen-bond acceptors (Lipinski definition) is 2. The first kappa shape index (κ1) is 13.2. The Labute approximate surface area is 111 Å². The van der Waals surface area contributed by atoms with Crippen molar-refractivity contribution in [2.45, 2.75) is 20.8 Å². The zero-order chi connectivity index (χ0) is 14.0. The lowest BCUT2D eigenvalue weighted by Gasteiger charge is -2.12. The SMILES string of the molecule is Cc1cc(C)c(NC(=O)c2ccccc2F)c(C)n1. The third kappa shape index (κ3) is 2.78. The molecular formula is C15H15FN2O. The Morgan fingerprint density at radius 3 is 2.53 bits per heavy atom. The summed E-state index contributed by atoms with van der Waals surface area (Å²) >= 11 is 0. The monoisotopic (exact) mass is 258 g/mol. The second-order valence-corrected chi connectivity index (χ2v) is 4.47. The second kappa shape index (κ2) is 5.18. The Bertz CT molecular complexity index is 615. The van der Waals surface area contributed by atoms with Gasteiger partial charge in [0.1, 0.15) is 5.82 Å². The van der Waals surface area contributed by atoms with Crippen molar-refractivity contribution in [1.29, 1.82) is 0 Å². The van der Waals surface area contributed by atoms with Crippen molar-refractivity contribution in [3.05, 3.63) is 58.7 Å². The number of aromatic nitrogens is 1. The minimum absolute atomic E-state index is 0.0295. The van der Waals surface area contributed by atoms with E-state index in [1.807, 2.05) is 26.8 Å². The molecule has 0 fully saturated rings. The third-order valence-corrected chi connectivity index (χ3v) is 2.88. The molecule has 1 heterocycles. The fourth-order valence-electron chi connectivity index (χ4n) is 2.04. The maximum Gasteiger partial charge on any atom is 0.258 e. The molecule has 1 aromatic carbocycles. The fourth-order valence-corrected chi connectivity index (χ4v) is 2.04. The number of nitrogens with zero attached hydrogens (tertiary/aromatic N) is 1. The lowest BCUT2D eigenvalue weighted by molar-refractivity contribution is 0.102. The normalized spacial score (nSPS) is 10.3. The van der Waals surface area contributed by atoms with E-state index in [9.17, 15) is 9.18 Å². The molecule has 1 amide bonds. The van der Waals surface area contributed by atoms with Gasteiger partial charge in [0, 0.05) is 5.69 Å². The van der Waals surface area contributed by atoms with Crippen LogP contribution in [0.3, 0.4) is 0 Å². The fraction of sp³-hybridized carbons (Fsp3) is 0.200. The van der Waals surface area contributed by atoms with Crippen LogP contribution in [-0.2, 0) is 0 Å². The summed E-state index contributed by atoms with van der Waals surface area (Å²) in [4.78, 5) is 16.3. The molecule has 2 rings (SSSR count). The van der Waals surface area contributed by atoms with E-state index in [1.165, 1.54) is 12.1 Å². The van der Waals surface area contributed by atoms with E-state index in [4.69, 9.17) is 0 Å². The number of hydrogen-bond donors (Lipinski definition) is 1. The molecule has 0 saturated heterocycles. The second-order valence-electron chi connectivity index (χ2n) is 4.47. The molecule has 0 atom stereocenters. The molecule has 19 heavy (non-hydrogen) atoms. The Hall–Kier alpha value is -2.23. The zero-order valence-corrected chi connectivity index (χ0v) is 11.1. The van der Waals surface area contributed by atoms with E-state index < -0.39 is 11.7 Å². The molecule has 0 spiro atoms. The molecule has 0 aliphatic heterocycles. The Balaban J connectivity index is 2.32. The van der Waals surface area contributed by atoms with Crippen LogP contribution in [-0.4, -0.2) is 10.9 Å². The Morgan fingerprint density at radius 2 is 1.89 bits per heavy atom. The third-order valence-electron chi connectivity index (χ3n) is 2.88. The number of aryl methyl sites for hydroxylation is 3. The van der Waals surface area contributed by atoms with Gasteiger partial charge in [-0.1, -0.05) is 12.1 Å². The summed E-state index contributed by atoms with van der Waals surface area (Å²) in [6.45, 7) is 5.60. The van der Waals surface area contributed by atoms with Crippen LogP contribution in [0.1, 0.15) is 27.3 Å². The highest BCUT2D eigenvalue weighted by atomic mass is 19.1. The van der Waals surface area contributed by atoms with E-state index >= 15 is 0 Å². The van der Waals surface area contributed by atoms with E-state index in [-0.39, 0.29) is 5.56 Å². The van der Waals surface area contributed by atoms with Gasteiger partial charge in [-0.3, -0.25) is 9.78 Å². The van der Waals surface area contributed by atoms with Crippen LogP contribution in [0.5, 0.6) is 0 Å². The van der Waals surface area contributed by atoms with Crippen molar-refractivity contribution in [2.24, 2.45) is 0 Å². The number of carbonyl (C=O) groups excluding carboxylic acids is 1. The number of halogens is 1. The van der Waals surface area contributed by atoms with Crippen LogP contribution in [0.15, 0.2) is 30.3 Å². The highest BCUT2D eigenvalue weighted by molar-refractivity contribution is 6.05. The van der Waals surface area contributed by atoms with E-state index in [0.717, 1.165) is 17.0 Å². The predicted molar refractivity (Wildman–Crippen MR) is 72.8 cm³/mol. The standard InChI is InChI=1S/C15H15FN2O/c1-9-8-10(2)17-11(3)14(9)18-15(19)12-6-4-5-7-13(12)16/h4-8H,1-3H3,(H,18,19). The average molecular weight is 258 g/mol. The predicted octanol–water partition coefficient (Wildman–Crippen LogP) is 3.40. The number of nitrogens with one attached hydrogen (secondary N) is 1. The van der Waals surface area contributed by atoms with Crippen LogP contribution < -0.4 is 5.32 Å². The Morgan fingerprint density at radius 1 is 1.21 bits per heavy atom. The summed E-state index contributed by atoms with van der Waals surface area (Å²) in [6.07, 6.45) is 0. The summed E-state index contributed by atoms with van der Waals surface area (Å²) in [6, 6.07) is 7.78. The zero-order valence-electron chi connectivity index (χ0n) is 11.1. The van der Waals surface area contributed by atoms with Crippen molar-refractivity contribution in [2.75, 3.05) is 5.32 Å². The summed E-state index contributed by atoms with van der Waals surface area (Å²) in [7, 11) is 0. The first-order valence-corrected chi connectivity index (χ1v) is 6.00. The van der Waals surface area contributed by atoms with Gasteiger partial charge in [0.15, 0.2) is 0 Å². The lowest BCUT2D eigenvalue weighted by Crippen LogP contribution is -2.16. The first-order chi connectivity index (χ1) is 8.99. The molecule has 98 valence electrons. The van der Waals surface area contributed by atoms with Gasteiger partial charge in [-0.25, -0.2) is 4.39 Å². The van der Waals surface area contributed by atoms with Gasteiger partial charge >= 0.3 is 0 Å². The number of benzene rings is 1. The van der Waals surface area contributed by atoms with Gasteiger partial charge in [-0.2, -0.15) is 0 Å². The van der Waals surface area contributed by atoms with Crippen molar-refractivity contribution in [3.63, 3.8) is 0 Å². The molecule has 0 aliphatic carbocycles. The largest absolute Gasteiger partial charge is 0.320 e. The van der Waals surface area contributed by atoms with Crippen LogP contribution in [0.25, 0.3) is 0 Å². The maximum atomic E-state index is 13.5. The summed E-state index contributed by atoms with van der Waals surface area (Å²) < 4.78 is 13.5. The van der Waals surface area contributed by atoms with Gasteiger partial charge < -0.3 is 5.32 Å². The van der Waals surface area contributed by atoms with Gasteiger partial charge in [0.25, 0.3) is 5.91 Å². The van der Waals surface area contributed by atoms with Crippen LogP contribution >= 0.6 is 0 Å². The van der Waals surface area contributed by atoms with Crippen LogP contribution in [0.4, 0.5) is 10.1 Å². The van der Waals surface area contributed by atoms with Crippen LogP contribution in [0.2, 0.25) is 0 Å². The van der Waals surface area contributed by atoms with Gasteiger partial charge in [0.2, 0.25) is 0 Å². The summed E-state index contributed by atoms with van der Waals surface area (Å²) in [5.41, 5.74) is 3.19. The van der Waals surface area contributed by atoms with Crippen molar-refractivity contribution >= 4 is 11.6 Å². The van der Waals surface area contributed by atoms with E-state index in [0.29, 0.717) is 5.69 Å². The molecule has 0 radical (unpaired) electrons. The lowest BCUT2D eigenvalue weighted by atomic mass is 10.1. The number of pyridine rings is 1. The molecule has 2 aromatic rings. The molecular weight excluding hydrogens is 243 g/mol. The minimum Gasteiger partial charge on any atom is -0.320 e. The molecule has 0 bridgehead atoms. The highest BCUT2D eigenvalue weighted by Crippen LogP contribution is 2.20. The average Bonchev–Trinajstić information content (AvgIpc) is 2.34. The van der Waals surface area contributed by atoms with Gasteiger partial charge in [-0.05, 0) is 44.5 Å². The smallest absolute Gasteiger partial charge is 0.258 e.